The number of rotatable bonds is 8. The van der Waals surface area contributed by atoms with Crippen LogP contribution in [0.25, 0.3) is 0 Å². The summed E-state index contributed by atoms with van der Waals surface area (Å²) in [7, 11) is 1.65. The van der Waals surface area contributed by atoms with Gasteiger partial charge in [-0.2, -0.15) is 0 Å². The predicted molar refractivity (Wildman–Crippen MR) is 102 cm³/mol. The maximum absolute atomic E-state index is 12.3. The zero-order valence-corrected chi connectivity index (χ0v) is 16.2. The van der Waals surface area contributed by atoms with Crippen molar-refractivity contribution >= 4 is 17.7 Å². The number of aryl methyl sites for hydroxylation is 1. The SMILES string of the molecule is CC(=O)c1cc(C(=O)OCC(=O)N[C@H](CC(C)C)c2ccccc2)n(C)c1. The van der Waals surface area contributed by atoms with E-state index in [1.165, 1.54) is 17.6 Å². The molecule has 144 valence electrons. The van der Waals surface area contributed by atoms with Crippen LogP contribution in [0.1, 0.15) is 59.6 Å². The molecule has 1 atom stereocenters. The topological polar surface area (TPSA) is 77.4 Å². The van der Waals surface area contributed by atoms with Crippen molar-refractivity contribution in [2.75, 3.05) is 6.61 Å². The van der Waals surface area contributed by atoms with E-state index in [1.54, 1.807) is 13.2 Å². The predicted octanol–water partition coefficient (Wildman–Crippen LogP) is 3.29. The third kappa shape index (κ3) is 5.81. The minimum atomic E-state index is -0.639. The van der Waals surface area contributed by atoms with Crippen LogP contribution in [0.15, 0.2) is 42.6 Å². The second kappa shape index (κ2) is 9.16. The number of carbonyl (C=O) groups is 3. The fourth-order valence-electron chi connectivity index (χ4n) is 2.84. The van der Waals surface area contributed by atoms with E-state index in [1.807, 2.05) is 30.3 Å². The minimum absolute atomic E-state index is 0.137. The van der Waals surface area contributed by atoms with Crippen molar-refractivity contribution in [3.8, 4) is 0 Å². The van der Waals surface area contributed by atoms with Crippen molar-refractivity contribution in [3.05, 3.63) is 59.4 Å². The van der Waals surface area contributed by atoms with Gasteiger partial charge in [0.2, 0.25) is 0 Å². The quantitative estimate of drug-likeness (QED) is 0.571. The first-order chi connectivity index (χ1) is 12.8. The third-order valence-electron chi connectivity index (χ3n) is 4.20. The van der Waals surface area contributed by atoms with Crippen molar-refractivity contribution in [2.45, 2.75) is 33.2 Å². The number of nitrogens with zero attached hydrogens (tertiary/aromatic N) is 1. The Labute approximate surface area is 159 Å². The van der Waals surface area contributed by atoms with Gasteiger partial charge < -0.3 is 14.6 Å². The lowest BCUT2D eigenvalue weighted by Gasteiger charge is -2.21. The van der Waals surface area contributed by atoms with Crippen molar-refractivity contribution in [3.63, 3.8) is 0 Å². The van der Waals surface area contributed by atoms with Gasteiger partial charge in [0.05, 0.1) is 6.04 Å². The molecular formula is C21H26N2O4. The Kier molecular flexibility index (Phi) is 6.93. The lowest BCUT2D eigenvalue weighted by Crippen LogP contribution is -2.33. The van der Waals surface area contributed by atoms with Crippen LogP contribution < -0.4 is 5.32 Å². The lowest BCUT2D eigenvalue weighted by molar-refractivity contribution is -0.125. The maximum Gasteiger partial charge on any atom is 0.355 e. The molecule has 0 aliphatic carbocycles. The molecule has 1 aromatic carbocycles. The Morgan fingerprint density at radius 3 is 2.37 bits per heavy atom. The zero-order chi connectivity index (χ0) is 20.0. The molecule has 6 heteroatoms. The van der Waals surface area contributed by atoms with E-state index < -0.39 is 5.97 Å². The van der Waals surface area contributed by atoms with E-state index in [-0.39, 0.29) is 30.0 Å². The molecule has 0 saturated carbocycles. The molecule has 1 N–H and O–H groups in total. The summed E-state index contributed by atoms with van der Waals surface area (Å²) in [6.07, 6.45) is 2.34. The largest absolute Gasteiger partial charge is 0.451 e. The second-order valence-corrected chi connectivity index (χ2v) is 7.02. The molecule has 0 aliphatic rings. The monoisotopic (exact) mass is 370 g/mol. The van der Waals surface area contributed by atoms with E-state index >= 15 is 0 Å². The zero-order valence-electron chi connectivity index (χ0n) is 16.2. The maximum atomic E-state index is 12.3. The Hall–Kier alpha value is -2.89. The number of ketones is 1. The summed E-state index contributed by atoms with van der Waals surface area (Å²) >= 11 is 0. The number of amides is 1. The molecule has 0 radical (unpaired) electrons. The Balaban J connectivity index is 1.97. The van der Waals surface area contributed by atoms with Gasteiger partial charge >= 0.3 is 5.97 Å². The summed E-state index contributed by atoms with van der Waals surface area (Å²) in [4.78, 5) is 35.9. The molecule has 0 saturated heterocycles. The highest BCUT2D eigenvalue weighted by molar-refractivity contribution is 5.98. The highest BCUT2D eigenvalue weighted by Crippen LogP contribution is 2.21. The fraction of sp³-hybridized carbons (Fsp3) is 0.381. The Morgan fingerprint density at radius 1 is 1.15 bits per heavy atom. The van der Waals surface area contributed by atoms with Crippen molar-refractivity contribution in [2.24, 2.45) is 13.0 Å². The lowest BCUT2D eigenvalue weighted by atomic mass is 9.97. The van der Waals surface area contributed by atoms with Crippen LogP contribution in [0.2, 0.25) is 0 Å². The highest BCUT2D eigenvalue weighted by Gasteiger charge is 2.19. The van der Waals surface area contributed by atoms with Gasteiger partial charge in [0.15, 0.2) is 12.4 Å². The van der Waals surface area contributed by atoms with E-state index in [0.717, 1.165) is 12.0 Å². The van der Waals surface area contributed by atoms with Gasteiger partial charge in [-0.25, -0.2) is 4.79 Å². The molecule has 1 amide bonds. The smallest absolute Gasteiger partial charge is 0.355 e. The molecule has 1 heterocycles. The Bertz CT molecular complexity index is 809. The number of aromatic nitrogens is 1. The van der Waals surface area contributed by atoms with Crippen LogP contribution >= 0.6 is 0 Å². The van der Waals surface area contributed by atoms with E-state index in [9.17, 15) is 14.4 Å². The molecular weight excluding hydrogens is 344 g/mol. The summed E-state index contributed by atoms with van der Waals surface area (Å²) < 4.78 is 6.64. The van der Waals surface area contributed by atoms with Gasteiger partial charge in [-0.15, -0.1) is 0 Å². The highest BCUT2D eigenvalue weighted by atomic mass is 16.5. The average molecular weight is 370 g/mol. The minimum Gasteiger partial charge on any atom is -0.451 e. The number of hydrogen-bond acceptors (Lipinski definition) is 4. The first-order valence-electron chi connectivity index (χ1n) is 8.96. The summed E-state index contributed by atoms with van der Waals surface area (Å²) in [5.41, 5.74) is 1.67. The molecule has 0 unspecified atom stereocenters. The molecule has 1 aromatic heterocycles. The normalized spacial score (nSPS) is 11.9. The van der Waals surface area contributed by atoms with E-state index in [4.69, 9.17) is 4.74 Å². The van der Waals surface area contributed by atoms with Crippen molar-refractivity contribution in [1.82, 2.24) is 9.88 Å². The third-order valence-corrected chi connectivity index (χ3v) is 4.20. The average Bonchev–Trinajstić information content (AvgIpc) is 3.02. The van der Waals surface area contributed by atoms with Crippen molar-refractivity contribution < 1.29 is 19.1 Å². The molecule has 6 nitrogen and oxygen atoms in total. The van der Waals surface area contributed by atoms with Crippen LogP contribution in [-0.4, -0.2) is 28.8 Å². The Morgan fingerprint density at radius 2 is 1.81 bits per heavy atom. The number of esters is 1. The number of hydrogen-bond donors (Lipinski definition) is 1. The molecule has 0 spiro atoms. The second-order valence-electron chi connectivity index (χ2n) is 7.02. The standard InChI is InChI=1S/C21H26N2O4/c1-14(2)10-18(16-8-6-5-7-9-16)22-20(25)13-27-21(26)19-11-17(15(3)24)12-23(19)4/h5-9,11-12,14,18H,10,13H2,1-4H3,(H,22,25)/t18-/m1/s1. The van der Waals surface area contributed by atoms with Gasteiger partial charge in [-0.1, -0.05) is 44.2 Å². The molecule has 0 fully saturated rings. The molecule has 0 bridgehead atoms. The van der Waals surface area contributed by atoms with Gasteiger partial charge in [0.1, 0.15) is 5.69 Å². The van der Waals surface area contributed by atoms with Gasteiger partial charge in [0, 0.05) is 18.8 Å². The summed E-state index contributed by atoms with van der Waals surface area (Å²) in [5.74, 6) is -0.743. The molecule has 2 aromatic rings. The summed E-state index contributed by atoms with van der Waals surface area (Å²) in [5, 5.41) is 2.93. The van der Waals surface area contributed by atoms with Crippen LogP contribution in [0.5, 0.6) is 0 Å². The van der Waals surface area contributed by atoms with Gasteiger partial charge in [-0.05, 0) is 30.9 Å². The molecule has 0 aliphatic heterocycles. The van der Waals surface area contributed by atoms with Crippen LogP contribution in [0.4, 0.5) is 0 Å². The van der Waals surface area contributed by atoms with Crippen LogP contribution in [0, 0.1) is 5.92 Å². The van der Waals surface area contributed by atoms with Crippen LogP contribution in [0.3, 0.4) is 0 Å². The molecule has 2 rings (SSSR count). The number of nitrogens with one attached hydrogen (secondary N) is 1. The van der Waals surface area contributed by atoms with E-state index in [2.05, 4.69) is 19.2 Å². The number of ether oxygens (including phenoxy) is 1. The number of benzene rings is 1. The van der Waals surface area contributed by atoms with Crippen LogP contribution in [-0.2, 0) is 16.6 Å². The summed E-state index contributed by atoms with van der Waals surface area (Å²) in [6.45, 7) is 5.23. The number of carbonyl (C=O) groups excluding carboxylic acids is 3. The summed E-state index contributed by atoms with van der Waals surface area (Å²) in [6, 6.07) is 11.0. The fourth-order valence-corrected chi connectivity index (χ4v) is 2.84. The first-order valence-corrected chi connectivity index (χ1v) is 8.96. The van der Waals surface area contributed by atoms with Gasteiger partial charge in [0.25, 0.3) is 5.91 Å². The van der Waals surface area contributed by atoms with Crippen molar-refractivity contribution in [1.29, 1.82) is 0 Å². The molecule has 27 heavy (non-hydrogen) atoms. The van der Waals surface area contributed by atoms with E-state index in [0.29, 0.717) is 11.5 Å². The number of Topliss-reactive ketones (excluding diaryl/α,β-unsaturated/α-hetero) is 1. The van der Waals surface area contributed by atoms with Gasteiger partial charge in [-0.3, -0.25) is 9.59 Å². The first kappa shape index (κ1) is 20.4.